The SMILES string of the molecule is CO[C@@H]1CCN(CC(=O)Nc2cccc(F)c2C)C1. The van der Waals surface area contributed by atoms with Gasteiger partial charge < -0.3 is 10.1 Å². The topological polar surface area (TPSA) is 41.6 Å². The van der Waals surface area contributed by atoms with E-state index in [2.05, 4.69) is 5.32 Å². The summed E-state index contributed by atoms with van der Waals surface area (Å²) in [6.07, 6.45) is 1.16. The zero-order valence-electron chi connectivity index (χ0n) is 11.3. The lowest BCUT2D eigenvalue weighted by Crippen LogP contribution is -2.32. The number of methoxy groups -OCH3 is 1. The van der Waals surface area contributed by atoms with Crippen LogP contribution in [0.3, 0.4) is 0 Å². The highest BCUT2D eigenvalue weighted by molar-refractivity contribution is 5.93. The molecule has 19 heavy (non-hydrogen) atoms. The molecule has 1 amide bonds. The van der Waals surface area contributed by atoms with Crippen LogP contribution in [0.15, 0.2) is 18.2 Å². The normalized spacial score (nSPS) is 19.6. The Hall–Kier alpha value is -1.46. The molecule has 0 aromatic heterocycles. The summed E-state index contributed by atoms with van der Waals surface area (Å²) >= 11 is 0. The Morgan fingerprint density at radius 1 is 1.58 bits per heavy atom. The Balaban J connectivity index is 1.89. The molecule has 4 nitrogen and oxygen atoms in total. The van der Waals surface area contributed by atoms with Gasteiger partial charge in [-0.2, -0.15) is 0 Å². The highest BCUT2D eigenvalue weighted by Crippen LogP contribution is 2.18. The Kier molecular flexibility index (Phi) is 4.50. The number of carbonyl (C=O) groups excluding carboxylic acids is 1. The molecule has 5 heteroatoms. The minimum atomic E-state index is -0.307. The van der Waals surface area contributed by atoms with E-state index in [0.29, 0.717) is 17.8 Å². The first kappa shape index (κ1) is 14.0. The number of nitrogens with one attached hydrogen (secondary N) is 1. The van der Waals surface area contributed by atoms with Crippen LogP contribution in [-0.4, -0.2) is 43.7 Å². The van der Waals surface area contributed by atoms with Gasteiger partial charge >= 0.3 is 0 Å². The van der Waals surface area contributed by atoms with Crippen molar-refractivity contribution in [3.63, 3.8) is 0 Å². The maximum Gasteiger partial charge on any atom is 0.238 e. The third-order valence-electron chi connectivity index (χ3n) is 3.47. The van der Waals surface area contributed by atoms with E-state index >= 15 is 0 Å². The monoisotopic (exact) mass is 266 g/mol. The van der Waals surface area contributed by atoms with Crippen LogP contribution in [0.4, 0.5) is 10.1 Å². The Morgan fingerprint density at radius 2 is 2.37 bits per heavy atom. The molecule has 1 aromatic rings. The van der Waals surface area contributed by atoms with Crippen LogP contribution in [0.2, 0.25) is 0 Å². The number of rotatable bonds is 4. The molecule has 0 bridgehead atoms. The number of hydrogen-bond acceptors (Lipinski definition) is 3. The second kappa shape index (κ2) is 6.12. The van der Waals surface area contributed by atoms with Crippen molar-refractivity contribution in [1.29, 1.82) is 0 Å². The van der Waals surface area contributed by atoms with E-state index in [1.54, 1.807) is 26.2 Å². The highest BCUT2D eigenvalue weighted by Gasteiger charge is 2.23. The van der Waals surface area contributed by atoms with Crippen LogP contribution < -0.4 is 5.32 Å². The molecule has 1 atom stereocenters. The molecule has 1 aliphatic rings. The van der Waals surface area contributed by atoms with Gasteiger partial charge in [0.2, 0.25) is 5.91 Å². The van der Waals surface area contributed by atoms with Crippen molar-refractivity contribution in [3.8, 4) is 0 Å². The molecule has 0 radical (unpaired) electrons. The Labute approximate surface area is 112 Å². The minimum absolute atomic E-state index is 0.120. The quantitative estimate of drug-likeness (QED) is 0.903. The van der Waals surface area contributed by atoms with Crippen LogP contribution in [-0.2, 0) is 9.53 Å². The maximum absolute atomic E-state index is 13.4. The molecule has 1 fully saturated rings. The number of likely N-dealkylation sites (tertiary alicyclic amines) is 1. The van der Waals surface area contributed by atoms with Crippen LogP contribution in [0.25, 0.3) is 0 Å². The van der Waals surface area contributed by atoms with E-state index in [1.165, 1.54) is 6.07 Å². The van der Waals surface area contributed by atoms with Crippen molar-refractivity contribution >= 4 is 11.6 Å². The summed E-state index contributed by atoms with van der Waals surface area (Å²) in [6, 6.07) is 4.68. The number of ether oxygens (including phenoxy) is 1. The predicted octanol–water partition coefficient (Wildman–Crippen LogP) is 1.79. The van der Waals surface area contributed by atoms with Gasteiger partial charge in [-0.25, -0.2) is 4.39 Å². The van der Waals surface area contributed by atoms with Crippen molar-refractivity contribution in [3.05, 3.63) is 29.6 Å². The van der Waals surface area contributed by atoms with Crippen LogP contribution in [0, 0.1) is 12.7 Å². The number of carbonyl (C=O) groups is 1. The van der Waals surface area contributed by atoms with Gasteiger partial charge in [-0.3, -0.25) is 9.69 Å². The lowest BCUT2D eigenvalue weighted by atomic mass is 10.2. The number of amides is 1. The zero-order chi connectivity index (χ0) is 13.8. The third kappa shape index (κ3) is 3.52. The van der Waals surface area contributed by atoms with Crippen LogP contribution in [0.1, 0.15) is 12.0 Å². The first-order valence-corrected chi connectivity index (χ1v) is 6.40. The molecule has 1 N–H and O–H groups in total. The van der Waals surface area contributed by atoms with Gasteiger partial charge in [0.15, 0.2) is 0 Å². The molecular formula is C14H19FN2O2. The average molecular weight is 266 g/mol. The molecule has 1 aromatic carbocycles. The molecule has 104 valence electrons. The van der Waals surface area contributed by atoms with E-state index in [1.807, 2.05) is 4.90 Å². The smallest absolute Gasteiger partial charge is 0.238 e. The van der Waals surface area contributed by atoms with Gasteiger partial charge in [0, 0.05) is 31.5 Å². The summed E-state index contributed by atoms with van der Waals surface area (Å²) in [5.74, 6) is -0.427. The average Bonchev–Trinajstić information content (AvgIpc) is 2.82. The van der Waals surface area contributed by atoms with Crippen molar-refractivity contribution in [1.82, 2.24) is 4.90 Å². The third-order valence-corrected chi connectivity index (χ3v) is 3.47. The van der Waals surface area contributed by atoms with Gasteiger partial charge in [0.25, 0.3) is 0 Å². The summed E-state index contributed by atoms with van der Waals surface area (Å²) in [5.41, 5.74) is 1.000. The van der Waals surface area contributed by atoms with Gasteiger partial charge in [0.05, 0.1) is 12.6 Å². The van der Waals surface area contributed by atoms with E-state index in [4.69, 9.17) is 4.74 Å². The van der Waals surface area contributed by atoms with E-state index in [-0.39, 0.29) is 17.8 Å². The van der Waals surface area contributed by atoms with E-state index in [0.717, 1.165) is 19.5 Å². The number of halogens is 1. The number of benzene rings is 1. The summed E-state index contributed by atoms with van der Waals surface area (Å²) in [7, 11) is 1.68. The zero-order valence-corrected chi connectivity index (χ0v) is 11.3. The summed E-state index contributed by atoms with van der Waals surface area (Å²) in [6.45, 7) is 3.59. The fourth-order valence-corrected chi connectivity index (χ4v) is 2.27. The second-order valence-corrected chi connectivity index (χ2v) is 4.84. The molecule has 1 aliphatic heterocycles. The molecule has 1 heterocycles. The molecule has 0 spiro atoms. The molecule has 2 rings (SSSR count). The second-order valence-electron chi connectivity index (χ2n) is 4.84. The summed E-state index contributed by atoms with van der Waals surface area (Å²) in [4.78, 5) is 14.0. The number of hydrogen-bond donors (Lipinski definition) is 1. The lowest BCUT2D eigenvalue weighted by Gasteiger charge is -2.16. The van der Waals surface area contributed by atoms with Gasteiger partial charge in [-0.1, -0.05) is 6.07 Å². The minimum Gasteiger partial charge on any atom is -0.380 e. The Morgan fingerprint density at radius 3 is 3.05 bits per heavy atom. The predicted molar refractivity (Wildman–Crippen MR) is 71.6 cm³/mol. The number of nitrogens with zero attached hydrogens (tertiary/aromatic N) is 1. The van der Waals surface area contributed by atoms with Crippen molar-refractivity contribution in [2.24, 2.45) is 0 Å². The standard InChI is InChI=1S/C14H19FN2O2/c1-10-12(15)4-3-5-13(10)16-14(18)9-17-7-6-11(8-17)19-2/h3-5,11H,6-9H2,1-2H3,(H,16,18)/t11-/m1/s1. The fourth-order valence-electron chi connectivity index (χ4n) is 2.27. The first-order valence-electron chi connectivity index (χ1n) is 6.40. The van der Waals surface area contributed by atoms with Gasteiger partial charge in [0.1, 0.15) is 5.82 Å². The largest absolute Gasteiger partial charge is 0.380 e. The van der Waals surface area contributed by atoms with E-state index < -0.39 is 0 Å². The molecule has 0 aliphatic carbocycles. The Bertz CT molecular complexity index is 465. The molecule has 0 saturated carbocycles. The van der Waals surface area contributed by atoms with Crippen molar-refractivity contribution in [2.75, 3.05) is 32.1 Å². The van der Waals surface area contributed by atoms with Gasteiger partial charge in [-0.05, 0) is 25.5 Å². The number of anilines is 1. The van der Waals surface area contributed by atoms with Crippen molar-refractivity contribution in [2.45, 2.75) is 19.4 Å². The molecule has 1 saturated heterocycles. The first-order chi connectivity index (χ1) is 9.10. The maximum atomic E-state index is 13.4. The molecular weight excluding hydrogens is 247 g/mol. The lowest BCUT2D eigenvalue weighted by molar-refractivity contribution is -0.117. The van der Waals surface area contributed by atoms with Crippen molar-refractivity contribution < 1.29 is 13.9 Å². The molecule has 0 unspecified atom stereocenters. The van der Waals surface area contributed by atoms with Crippen LogP contribution >= 0.6 is 0 Å². The summed E-state index contributed by atoms with van der Waals surface area (Å²) in [5, 5.41) is 2.75. The highest BCUT2D eigenvalue weighted by atomic mass is 19.1. The summed E-state index contributed by atoms with van der Waals surface area (Å²) < 4.78 is 18.6. The van der Waals surface area contributed by atoms with Gasteiger partial charge in [-0.15, -0.1) is 0 Å². The van der Waals surface area contributed by atoms with E-state index in [9.17, 15) is 9.18 Å². The van der Waals surface area contributed by atoms with Crippen LogP contribution in [0.5, 0.6) is 0 Å². The fraction of sp³-hybridized carbons (Fsp3) is 0.500.